The first-order chi connectivity index (χ1) is 9.36. The van der Waals surface area contributed by atoms with Gasteiger partial charge in [-0.25, -0.2) is 0 Å². The Morgan fingerprint density at radius 3 is 3.11 bits per heavy atom. The first kappa shape index (κ1) is 12.5. The highest BCUT2D eigenvalue weighted by molar-refractivity contribution is 7.98. The first-order valence-corrected chi connectivity index (χ1v) is 7.88. The minimum Gasteiger partial charge on any atom is -0.374 e. The van der Waals surface area contributed by atoms with Gasteiger partial charge in [0.25, 0.3) is 0 Å². The van der Waals surface area contributed by atoms with Crippen molar-refractivity contribution in [1.82, 2.24) is 14.6 Å². The lowest BCUT2D eigenvalue weighted by Crippen LogP contribution is -1.97. The summed E-state index contributed by atoms with van der Waals surface area (Å²) in [6, 6.07) is 10.5. The van der Waals surface area contributed by atoms with E-state index in [-0.39, 0.29) is 0 Å². The fourth-order valence-corrected chi connectivity index (χ4v) is 3.49. The molecule has 0 radical (unpaired) electrons. The minimum atomic E-state index is 0.825. The molecule has 0 saturated heterocycles. The van der Waals surface area contributed by atoms with Crippen LogP contribution in [0.2, 0.25) is 0 Å². The molecule has 0 aliphatic rings. The summed E-state index contributed by atoms with van der Waals surface area (Å²) in [4.78, 5) is 3.41. The highest BCUT2D eigenvalue weighted by atomic mass is 32.2. The van der Waals surface area contributed by atoms with E-state index in [0.29, 0.717) is 0 Å². The van der Waals surface area contributed by atoms with E-state index >= 15 is 0 Å². The molecular formula is C13H14N4S2. The summed E-state index contributed by atoms with van der Waals surface area (Å²) in [5.41, 5.74) is 2.20. The van der Waals surface area contributed by atoms with E-state index in [1.54, 1.807) is 11.8 Å². The second kappa shape index (κ2) is 5.63. The lowest BCUT2D eigenvalue weighted by atomic mass is 10.3. The molecule has 2 heterocycles. The number of rotatable bonds is 5. The zero-order chi connectivity index (χ0) is 13.1. The number of H-pyrrole nitrogens is 1. The van der Waals surface area contributed by atoms with Crippen LogP contribution < -0.4 is 5.32 Å². The van der Waals surface area contributed by atoms with Gasteiger partial charge in [-0.1, -0.05) is 22.7 Å². The quantitative estimate of drug-likeness (QED) is 0.703. The van der Waals surface area contributed by atoms with Crippen molar-refractivity contribution in [3.05, 3.63) is 36.0 Å². The normalized spacial score (nSPS) is 11.0. The average molecular weight is 290 g/mol. The van der Waals surface area contributed by atoms with Gasteiger partial charge in [-0.05, 0) is 19.1 Å². The van der Waals surface area contributed by atoms with E-state index in [1.807, 2.05) is 6.07 Å². The molecule has 3 aromatic rings. The van der Waals surface area contributed by atoms with E-state index in [4.69, 9.17) is 0 Å². The first-order valence-electron chi connectivity index (χ1n) is 6.12. The molecule has 19 heavy (non-hydrogen) atoms. The summed E-state index contributed by atoms with van der Waals surface area (Å²) in [5, 5.41) is 10.9. The molecule has 0 fully saturated rings. The molecule has 0 aliphatic heterocycles. The van der Waals surface area contributed by atoms with Crippen LogP contribution in [0.4, 0.5) is 5.00 Å². The summed E-state index contributed by atoms with van der Waals surface area (Å²) < 4.78 is 4.00. The Bertz CT molecular complexity index is 641. The Balaban J connectivity index is 1.73. The van der Waals surface area contributed by atoms with Gasteiger partial charge in [0.2, 0.25) is 0 Å². The predicted octanol–water partition coefficient (Wildman–Crippen LogP) is 3.74. The van der Waals surface area contributed by atoms with Crippen LogP contribution in [-0.4, -0.2) is 21.1 Å². The molecule has 6 heteroatoms. The summed E-state index contributed by atoms with van der Waals surface area (Å²) in [6.07, 6.45) is 0. The third-order valence-electron chi connectivity index (χ3n) is 2.76. The second-order valence-electron chi connectivity index (χ2n) is 4.09. The van der Waals surface area contributed by atoms with Crippen molar-refractivity contribution in [2.24, 2.45) is 0 Å². The largest absolute Gasteiger partial charge is 0.374 e. The summed E-state index contributed by atoms with van der Waals surface area (Å²) in [6.45, 7) is 2.97. The van der Waals surface area contributed by atoms with Crippen LogP contribution in [-0.2, 0) is 5.75 Å². The molecule has 98 valence electrons. The standard InChI is InChI=1S/C13H14N4S2/c1-2-14-13-11(16-17-19-13)8-18-12-7-9-5-3-4-6-10(9)15-12/h3-7,14-15H,2,8H2,1H3. The fraction of sp³-hybridized carbons (Fsp3) is 0.231. The van der Waals surface area contributed by atoms with Crippen LogP contribution in [0, 0.1) is 0 Å². The molecule has 0 amide bonds. The molecule has 4 nitrogen and oxygen atoms in total. The van der Waals surface area contributed by atoms with Gasteiger partial charge in [0.05, 0.1) is 5.03 Å². The molecule has 0 unspecified atom stereocenters. The van der Waals surface area contributed by atoms with Crippen molar-refractivity contribution in [2.75, 3.05) is 11.9 Å². The zero-order valence-electron chi connectivity index (χ0n) is 10.5. The van der Waals surface area contributed by atoms with Crippen molar-refractivity contribution in [1.29, 1.82) is 0 Å². The number of benzene rings is 1. The smallest absolute Gasteiger partial charge is 0.134 e. The van der Waals surface area contributed by atoms with Crippen molar-refractivity contribution in [2.45, 2.75) is 17.7 Å². The highest BCUT2D eigenvalue weighted by Gasteiger charge is 2.08. The van der Waals surface area contributed by atoms with Gasteiger partial charge in [0.1, 0.15) is 10.7 Å². The number of thioether (sulfide) groups is 1. The van der Waals surface area contributed by atoms with Gasteiger partial charge >= 0.3 is 0 Å². The lowest BCUT2D eigenvalue weighted by molar-refractivity contribution is 1.07. The number of aromatic amines is 1. The number of nitrogens with one attached hydrogen (secondary N) is 2. The van der Waals surface area contributed by atoms with Crippen LogP contribution in [0.5, 0.6) is 0 Å². The Kier molecular flexibility index (Phi) is 3.70. The summed E-state index contributed by atoms with van der Waals surface area (Å²) >= 11 is 3.17. The van der Waals surface area contributed by atoms with E-state index in [2.05, 4.69) is 51.1 Å². The van der Waals surface area contributed by atoms with Gasteiger partial charge in [-0.15, -0.1) is 16.9 Å². The minimum absolute atomic E-state index is 0.825. The Labute approximate surface area is 119 Å². The number of hydrogen-bond acceptors (Lipinski definition) is 5. The maximum Gasteiger partial charge on any atom is 0.134 e. The molecule has 0 aliphatic carbocycles. The highest BCUT2D eigenvalue weighted by Crippen LogP contribution is 2.28. The Morgan fingerprint density at radius 2 is 2.26 bits per heavy atom. The number of hydrogen-bond donors (Lipinski definition) is 2. The van der Waals surface area contributed by atoms with Crippen molar-refractivity contribution in [3.8, 4) is 0 Å². The molecule has 0 bridgehead atoms. The molecule has 1 aromatic carbocycles. The predicted molar refractivity (Wildman–Crippen MR) is 81.9 cm³/mol. The van der Waals surface area contributed by atoms with Crippen LogP contribution in [0.25, 0.3) is 10.9 Å². The molecule has 2 aromatic heterocycles. The van der Waals surface area contributed by atoms with Crippen LogP contribution in [0.15, 0.2) is 35.4 Å². The topological polar surface area (TPSA) is 53.6 Å². The number of para-hydroxylation sites is 1. The number of aromatic nitrogens is 3. The Hall–Kier alpha value is -1.53. The van der Waals surface area contributed by atoms with E-state index in [0.717, 1.165) is 28.0 Å². The second-order valence-corrected chi connectivity index (χ2v) is 5.86. The number of fused-ring (bicyclic) bond motifs is 1. The summed E-state index contributed by atoms with van der Waals surface area (Å²) in [7, 11) is 0. The van der Waals surface area contributed by atoms with Crippen LogP contribution >= 0.6 is 23.3 Å². The van der Waals surface area contributed by atoms with Gasteiger partial charge in [0, 0.05) is 34.7 Å². The fourth-order valence-electron chi connectivity index (χ4n) is 1.87. The number of nitrogens with zero attached hydrogens (tertiary/aromatic N) is 2. The lowest BCUT2D eigenvalue weighted by Gasteiger charge is -2.00. The van der Waals surface area contributed by atoms with Gasteiger partial charge < -0.3 is 10.3 Å². The third-order valence-corrected chi connectivity index (χ3v) is 4.44. The zero-order valence-corrected chi connectivity index (χ0v) is 12.1. The van der Waals surface area contributed by atoms with Gasteiger partial charge in [-0.3, -0.25) is 0 Å². The molecule has 0 saturated carbocycles. The van der Waals surface area contributed by atoms with Crippen LogP contribution in [0.1, 0.15) is 12.6 Å². The van der Waals surface area contributed by atoms with Crippen molar-refractivity contribution in [3.63, 3.8) is 0 Å². The molecule has 3 rings (SSSR count). The molecule has 0 spiro atoms. The van der Waals surface area contributed by atoms with Crippen LogP contribution in [0.3, 0.4) is 0 Å². The number of anilines is 1. The monoisotopic (exact) mass is 290 g/mol. The molecule has 2 N–H and O–H groups in total. The van der Waals surface area contributed by atoms with E-state index in [9.17, 15) is 0 Å². The Morgan fingerprint density at radius 1 is 1.37 bits per heavy atom. The van der Waals surface area contributed by atoms with E-state index in [1.165, 1.54) is 22.4 Å². The summed E-state index contributed by atoms with van der Waals surface area (Å²) in [5.74, 6) is 0.825. The third kappa shape index (κ3) is 2.74. The maximum absolute atomic E-state index is 4.18. The molecular weight excluding hydrogens is 276 g/mol. The SMILES string of the molecule is CCNc1snnc1CSc1cc2ccccc2[nH]1. The van der Waals surface area contributed by atoms with Crippen molar-refractivity contribution >= 4 is 39.2 Å². The van der Waals surface area contributed by atoms with Gasteiger partial charge in [-0.2, -0.15) is 0 Å². The van der Waals surface area contributed by atoms with Gasteiger partial charge in [0.15, 0.2) is 0 Å². The average Bonchev–Trinajstić information content (AvgIpc) is 3.02. The maximum atomic E-state index is 4.18. The van der Waals surface area contributed by atoms with E-state index < -0.39 is 0 Å². The van der Waals surface area contributed by atoms with Crippen molar-refractivity contribution < 1.29 is 0 Å². The molecule has 0 atom stereocenters.